The molecule has 2 N–H and O–H groups in total. The second-order valence-electron chi connectivity index (χ2n) is 3.64. The molecule has 3 nitrogen and oxygen atoms in total. The van der Waals surface area contributed by atoms with Crippen LogP contribution in [0.2, 0.25) is 0 Å². The lowest BCUT2D eigenvalue weighted by molar-refractivity contribution is 0.482. The normalized spacial score (nSPS) is 18.5. The van der Waals surface area contributed by atoms with Crippen molar-refractivity contribution < 1.29 is 4.55 Å². The van der Waals surface area contributed by atoms with Crippen LogP contribution in [-0.2, 0) is 11.2 Å². The maximum atomic E-state index is 9.56. The van der Waals surface area contributed by atoms with Crippen molar-refractivity contribution in [3.63, 3.8) is 0 Å². The summed E-state index contributed by atoms with van der Waals surface area (Å²) in [6.45, 7) is 4.26. The highest BCUT2D eigenvalue weighted by Crippen LogP contribution is 2.21. The molecule has 1 aliphatic rings. The fraction of sp³-hybridized carbons (Fsp3) is 0.556. The Kier molecular flexibility index (Phi) is 5.13. The summed E-state index contributed by atoms with van der Waals surface area (Å²) in [4.78, 5) is 0. The van der Waals surface area contributed by atoms with Crippen molar-refractivity contribution in [2.45, 2.75) is 13.8 Å². The fourth-order valence-corrected chi connectivity index (χ4v) is 0.662. The van der Waals surface area contributed by atoms with E-state index in [0.717, 1.165) is 0 Å². The van der Waals surface area contributed by atoms with Gasteiger partial charge in [0.15, 0.2) is 0 Å². The van der Waals surface area contributed by atoms with Crippen LogP contribution in [-0.4, -0.2) is 22.1 Å². The molecule has 0 aliphatic carbocycles. The van der Waals surface area contributed by atoms with Gasteiger partial charge in [0.05, 0.1) is 12.5 Å². The summed E-state index contributed by atoms with van der Waals surface area (Å²) in [5, 5.41) is 1.55. The Bertz CT molecular complexity index is 181. The first-order valence-corrected chi connectivity index (χ1v) is 5.97. The Labute approximate surface area is 83.4 Å². The van der Waals surface area contributed by atoms with Crippen molar-refractivity contribution in [2.24, 2.45) is 11.3 Å². The zero-order valence-corrected chi connectivity index (χ0v) is 9.47. The first kappa shape index (κ1) is 12.6. The molecule has 0 atom stereocenters. The average molecular weight is 202 g/mol. The SMILES string of the molecule is CC1(C)C=CN(N)C=C1.C[S+](C)[O-]. The van der Waals surface area contributed by atoms with Gasteiger partial charge < -0.3 is 4.55 Å². The highest BCUT2D eigenvalue weighted by molar-refractivity contribution is 7.89. The maximum absolute atomic E-state index is 9.56. The van der Waals surface area contributed by atoms with Crippen molar-refractivity contribution in [1.29, 1.82) is 0 Å². The van der Waals surface area contributed by atoms with Gasteiger partial charge in [0.1, 0.15) is 0 Å². The van der Waals surface area contributed by atoms with Crippen LogP contribution in [0.3, 0.4) is 0 Å². The predicted molar refractivity (Wildman–Crippen MR) is 58.1 cm³/mol. The molecule has 0 aromatic carbocycles. The zero-order chi connectivity index (χ0) is 10.5. The molecule has 0 saturated carbocycles. The summed E-state index contributed by atoms with van der Waals surface area (Å²) in [6, 6.07) is 0. The van der Waals surface area contributed by atoms with Gasteiger partial charge in [-0.25, -0.2) is 5.84 Å². The van der Waals surface area contributed by atoms with Crippen LogP contribution in [0.15, 0.2) is 24.6 Å². The Balaban J connectivity index is 0.000000310. The third kappa shape index (κ3) is 7.90. The van der Waals surface area contributed by atoms with Gasteiger partial charge in [0.2, 0.25) is 0 Å². The molecule has 1 heterocycles. The van der Waals surface area contributed by atoms with Crippen LogP contribution in [0.4, 0.5) is 0 Å². The molecule has 4 heteroatoms. The molecular formula is C9H18N2OS. The summed E-state index contributed by atoms with van der Waals surface area (Å²) in [5.74, 6) is 5.42. The molecule has 76 valence electrons. The largest absolute Gasteiger partial charge is 0.617 e. The van der Waals surface area contributed by atoms with E-state index in [1.807, 2.05) is 12.4 Å². The van der Waals surface area contributed by atoms with Crippen LogP contribution in [0, 0.1) is 5.41 Å². The number of hydrogen-bond donors (Lipinski definition) is 1. The van der Waals surface area contributed by atoms with Crippen LogP contribution in [0.1, 0.15) is 13.8 Å². The molecule has 0 saturated heterocycles. The van der Waals surface area contributed by atoms with E-state index < -0.39 is 11.2 Å². The Hall–Kier alpha value is -0.450. The Morgan fingerprint density at radius 3 is 1.77 bits per heavy atom. The molecule has 0 bridgehead atoms. The van der Waals surface area contributed by atoms with Gasteiger partial charge in [-0.2, -0.15) is 0 Å². The van der Waals surface area contributed by atoms with Gasteiger partial charge >= 0.3 is 0 Å². The van der Waals surface area contributed by atoms with Crippen LogP contribution in [0.25, 0.3) is 0 Å². The summed E-state index contributed by atoms with van der Waals surface area (Å²) in [6.07, 6.45) is 11.1. The Morgan fingerprint density at radius 2 is 1.54 bits per heavy atom. The standard InChI is InChI=1S/C7H12N2.C2H6OS/c1-7(2)3-5-9(8)6-4-7;1-4(2)3/h3-6H,8H2,1-2H3;1-2H3. The van der Waals surface area contributed by atoms with Crippen molar-refractivity contribution in [3.05, 3.63) is 24.6 Å². The Morgan fingerprint density at radius 1 is 1.23 bits per heavy atom. The van der Waals surface area contributed by atoms with Gasteiger partial charge in [0, 0.05) is 17.8 Å². The second-order valence-corrected chi connectivity index (χ2v) is 5.12. The minimum absolute atomic E-state index is 0.176. The van der Waals surface area contributed by atoms with E-state index in [0.29, 0.717) is 0 Å². The molecule has 0 aromatic heterocycles. The smallest absolute Gasteiger partial charge is 0.0946 e. The number of hydrogen-bond acceptors (Lipinski definition) is 3. The van der Waals surface area contributed by atoms with Crippen molar-refractivity contribution in [1.82, 2.24) is 5.01 Å². The highest BCUT2D eigenvalue weighted by atomic mass is 32.2. The third-order valence-corrected chi connectivity index (χ3v) is 1.35. The molecule has 13 heavy (non-hydrogen) atoms. The first-order chi connectivity index (χ1) is 5.83. The van der Waals surface area contributed by atoms with E-state index in [1.165, 1.54) is 0 Å². The minimum Gasteiger partial charge on any atom is -0.617 e. The number of rotatable bonds is 0. The molecule has 0 fully saturated rings. The summed E-state index contributed by atoms with van der Waals surface area (Å²) < 4.78 is 9.56. The molecule has 0 unspecified atom stereocenters. The predicted octanol–water partition coefficient (Wildman–Crippen LogP) is 1.22. The van der Waals surface area contributed by atoms with Gasteiger partial charge in [-0.1, -0.05) is 37.2 Å². The van der Waals surface area contributed by atoms with Crippen LogP contribution in [0.5, 0.6) is 0 Å². The summed E-state index contributed by atoms with van der Waals surface area (Å²) in [7, 11) is 0. The van der Waals surface area contributed by atoms with E-state index in [9.17, 15) is 4.55 Å². The average Bonchev–Trinajstić information content (AvgIpc) is 1.95. The van der Waals surface area contributed by atoms with Crippen LogP contribution >= 0.6 is 0 Å². The van der Waals surface area contributed by atoms with Gasteiger partial charge in [-0.05, 0) is 0 Å². The van der Waals surface area contributed by atoms with E-state index in [-0.39, 0.29) is 5.41 Å². The van der Waals surface area contributed by atoms with Crippen LogP contribution < -0.4 is 5.84 Å². The van der Waals surface area contributed by atoms with E-state index in [4.69, 9.17) is 5.84 Å². The molecule has 0 aromatic rings. The van der Waals surface area contributed by atoms with Gasteiger partial charge in [-0.15, -0.1) is 0 Å². The number of allylic oxidation sites excluding steroid dienone is 2. The number of nitrogens with zero attached hydrogens (tertiary/aromatic N) is 1. The lowest BCUT2D eigenvalue weighted by Gasteiger charge is -2.21. The fourth-order valence-electron chi connectivity index (χ4n) is 0.662. The van der Waals surface area contributed by atoms with Gasteiger partial charge in [0.25, 0.3) is 0 Å². The molecular weight excluding hydrogens is 184 g/mol. The van der Waals surface area contributed by atoms with Gasteiger partial charge in [-0.3, -0.25) is 5.01 Å². The molecule has 0 spiro atoms. The first-order valence-electron chi connectivity index (χ1n) is 4.00. The summed E-state index contributed by atoms with van der Waals surface area (Å²) >= 11 is -0.611. The number of hydrazine groups is 1. The third-order valence-electron chi connectivity index (χ3n) is 1.35. The van der Waals surface area contributed by atoms with Crippen molar-refractivity contribution in [3.8, 4) is 0 Å². The van der Waals surface area contributed by atoms with Crippen molar-refractivity contribution >= 4 is 11.2 Å². The molecule has 0 amide bonds. The maximum Gasteiger partial charge on any atom is 0.0946 e. The second kappa shape index (κ2) is 5.32. The van der Waals surface area contributed by atoms with Crippen molar-refractivity contribution in [2.75, 3.05) is 12.5 Å². The lowest BCUT2D eigenvalue weighted by Crippen LogP contribution is -2.23. The quantitative estimate of drug-likeness (QED) is 0.475. The molecule has 1 aliphatic heterocycles. The van der Waals surface area contributed by atoms with E-state index in [2.05, 4.69) is 26.0 Å². The zero-order valence-electron chi connectivity index (χ0n) is 8.65. The topological polar surface area (TPSA) is 52.3 Å². The highest BCUT2D eigenvalue weighted by Gasteiger charge is 2.11. The summed E-state index contributed by atoms with van der Waals surface area (Å²) in [5.41, 5.74) is 0.176. The monoisotopic (exact) mass is 202 g/mol. The molecule has 0 radical (unpaired) electrons. The van der Waals surface area contributed by atoms with E-state index >= 15 is 0 Å². The molecule has 1 rings (SSSR count). The lowest BCUT2D eigenvalue weighted by atomic mass is 9.92. The number of nitrogens with two attached hydrogens (primary N) is 1. The minimum atomic E-state index is -0.611. The van der Waals surface area contributed by atoms with E-state index in [1.54, 1.807) is 17.5 Å².